The largest absolute Gasteiger partial charge is 0.298 e. The molecule has 1 nitrogen and oxygen atoms in total. The fraction of sp³-hybridized carbons (Fsp3) is 0. The van der Waals surface area contributed by atoms with Gasteiger partial charge in [-0.15, -0.1) is 0 Å². The normalized spacial score (nSPS) is 10.1. The third-order valence-corrected chi connectivity index (χ3v) is 4.07. The van der Waals surface area contributed by atoms with Crippen LogP contribution in [0.25, 0.3) is 0 Å². The summed E-state index contributed by atoms with van der Waals surface area (Å²) in [5.74, 6) is 0. The van der Waals surface area contributed by atoms with Crippen LogP contribution in [-0.2, 0) is 0 Å². The Bertz CT molecular complexity index is 497. The molecule has 0 aliphatic heterocycles. The average molecular weight is 293 g/mol. The SMILES string of the molecule is O=Cc1ccc(Sc2ccccc2)c(Br)c1. The highest BCUT2D eigenvalue weighted by molar-refractivity contribution is 9.10. The Hall–Kier alpha value is -1.06. The maximum atomic E-state index is 10.6. The van der Waals surface area contributed by atoms with Crippen LogP contribution in [0, 0.1) is 0 Å². The van der Waals surface area contributed by atoms with Gasteiger partial charge in [-0.05, 0) is 40.2 Å². The Kier molecular flexibility index (Phi) is 3.80. The van der Waals surface area contributed by atoms with Gasteiger partial charge in [-0.25, -0.2) is 0 Å². The molecular weight excluding hydrogens is 284 g/mol. The van der Waals surface area contributed by atoms with Gasteiger partial charge in [0, 0.05) is 19.8 Å². The Labute approximate surface area is 107 Å². The molecule has 0 saturated heterocycles. The van der Waals surface area contributed by atoms with Crippen molar-refractivity contribution in [2.75, 3.05) is 0 Å². The number of aldehydes is 1. The number of halogens is 1. The van der Waals surface area contributed by atoms with E-state index >= 15 is 0 Å². The van der Waals surface area contributed by atoms with E-state index in [-0.39, 0.29) is 0 Å². The lowest BCUT2D eigenvalue weighted by molar-refractivity contribution is 0.112. The minimum absolute atomic E-state index is 0.685. The summed E-state index contributed by atoms with van der Waals surface area (Å²) in [5.41, 5.74) is 0.685. The van der Waals surface area contributed by atoms with Gasteiger partial charge in [-0.2, -0.15) is 0 Å². The average Bonchev–Trinajstić information content (AvgIpc) is 2.33. The van der Waals surface area contributed by atoms with E-state index in [4.69, 9.17) is 0 Å². The first-order valence-electron chi connectivity index (χ1n) is 4.77. The van der Waals surface area contributed by atoms with Crippen LogP contribution in [0.15, 0.2) is 62.8 Å². The van der Waals surface area contributed by atoms with Crippen molar-refractivity contribution in [1.29, 1.82) is 0 Å². The Balaban J connectivity index is 2.25. The predicted molar refractivity (Wildman–Crippen MR) is 70.1 cm³/mol. The molecule has 0 amide bonds. The molecule has 0 saturated carbocycles. The summed E-state index contributed by atoms with van der Waals surface area (Å²) in [5, 5.41) is 0. The van der Waals surface area contributed by atoms with Crippen molar-refractivity contribution in [3.05, 3.63) is 58.6 Å². The summed E-state index contributed by atoms with van der Waals surface area (Å²) < 4.78 is 0.950. The van der Waals surface area contributed by atoms with Gasteiger partial charge in [-0.1, -0.05) is 36.0 Å². The standard InChI is InChI=1S/C13H9BrOS/c14-12-8-10(9-15)6-7-13(12)16-11-4-2-1-3-5-11/h1-9H. The first kappa shape index (κ1) is 11.4. The lowest BCUT2D eigenvalue weighted by Crippen LogP contribution is -1.81. The molecule has 0 aromatic heterocycles. The lowest BCUT2D eigenvalue weighted by atomic mass is 10.2. The van der Waals surface area contributed by atoms with Crippen LogP contribution in [-0.4, -0.2) is 6.29 Å². The van der Waals surface area contributed by atoms with E-state index in [2.05, 4.69) is 28.1 Å². The molecule has 0 atom stereocenters. The van der Waals surface area contributed by atoms with Crippen molar-refractivity contribution in [3.8, 4) is 0 Å². The molecule has 16 heavy (non-hydrogen) atoms. The number of carbonyl (C=O) groups excluding carboxylic acids is 1. The van der Waals surface area contributed by atoms with E-state index < -0.39 is 0 Å². The summed E-state index contributed by atoms with van der Waals surface area (Å²) in [6, 6.07) is 15.7. The molecule has 0 aliphatic rings. The lowest BCUT2D eigenvalue weighted by Gasteiger charge is -2.04. The smallest absolute Gasteiger partial charge is 0.150 e. The van der Waals surface area contributed by atoms with E-state index in [1.54, 1.807) is 11.8 Å². The first-order valence-corrected chi connectivity index (χ1v) is 6.38. The molecule has 0 bridgehead atoms. The zero-order valence-electron chi connectivity index (χ0n) is 8.39. The molecule has 80 valence electrons. The number of hydrogen-bond acceptors (Lipinski definition) is 2. The summed E-state index contributed by atoms with van der Waals surface area (Å²) in [4.78, 5) is 12.9. The fourth-order valence-electron chi connectivity index (χ4n) is 1.29. The third kappa shape index (κ3) is 2.74. The Morgan fingerprint density at radius 1 is 1.06 bits per heavy atom. The van der Waals surface area contributed by atoms with Crippen LogP contribution in [0.1, 0.15) is 10.4 Å². The zero-order chi connectivity index (χ0) is 11.4. The van der Waals surface area contributed by atoms with Gasteiger partial charge in [0.1, 0.15) is 6.29 Å². The molecular formula is C13H9BrOS. The maximum Gasteiger partial charge on any atom is 0.150 e. The van der Waals surface area contributed by atoms with Crippen LogP contribution >= 0.6 is 27.7 Å². The molecule has 0 unspecified atom stereocenters. The molecule has 2 aromatic rings. The molecule has 3 heteroatoms. The van der Waals surface area contributed by atoms with E-state index in [0.717, 1.165) is 15.7 Å². The quantitative estimate of drug-likeness (QED) is 0.780. The van der Waals surface area contributed by atoms with Gasteiger partial charge in [0.2, 0.25) is 0 Å². The minimum Gasteiger partial charge on any atom is -0.298 e. The van der Waals surface area contributed by atoms with E-state index in [0.29, 0.717) is 5.56 Å². The topological polar surface area (TPSA) is 17.1 Å². The summed E-state index contributed by atoms with van der Waals surface area (Å²) >= 11 is 5.14. The molecule has 0 aliphatic carbocycles. The van der Waals surface area contributed by atoms with Crippen LogP contribution in [0.5, 0.6) is 0 Å². The maximum absolute atomic E-state index is 10.6. The number of carbonyl (C=O) groups is 1. The van der Waals surface area contributed by atoms with Crippen molar-refractivity contribution in [2.45, 2.75) is 9.79 Å². The second-order valence-electron chi connectivity index (χ2n) is 3.22. The van der Waals surface area contributed by atoms with Crippen LogP contribution in [0.2, 0.25) is 0 Å². The van der Waals surface area contributed by atoms with Crippen molar-refractivity contribution >= 4 is 34.0 Å². The molecule has 0 heterocycles. The second-order valence-corrected chi connectivity index (χ2v) is 5.19. The van der Waals surface area contributed by atoms with Crippen molar-refractivity contribution < 1.29 is 4.79 Å². The van der Waals surface area contributed by atoms with Gasteiger partial charge < -0.3 is 0 Å². The zero-order valence-corrected chi connectivity index (χ0v) is 10.8. The molecule has 0 fully saturated rings. The molecule has 2 rings (SSSR count). The van der Waals surface area contributed by atoms with Gasteiger partial charge in [0.15, 0.2) is 0 Å². The van der Waals surface area contributed by atoms with Crippen molar-refractivity contribution in [1.82, 2.24) is 0 Å². The molecule has 0 spiro atoms. The Morgan fingerprint density at radius 2 is 1.81 bits per heavy atom. The minimum atomic E-state index is 0.685. The van der Waals surface area contributed by atoms with Gasteiger partial charge >= 0.3 is 0 Å². The number of benzene rings is 2. The van der Waals surface area contributed by atoms with E-state index in [9.17, 15) is 4.79 Å². The van der Waals surface area contributed by atoms with Crippen LogP contribution in [0.4, 0.5) is 0 Å². The third-order valence-electron chi connectivity index (χ3n) is 2.06. The predicted octanol–water partition coefficient (Wildman–Crippen LogP) is 4.41. The van der Waals surface area contributed by atoms with E-state index in [1.807, 2.05) is 36.4 Å². The van der Waals surface area contributed by atoms with Gasteiger partial charge in [0.05, 0.1) is 0 Å². The molecule has 2 aromatic carbocycles. The van der Waals surface area contributed by atoms with Crippen LogP contribution < -0.4 is 0 Å². The summed E-state index contributed by atoms with van der Waals surface area (Å²) in [6.07, 6.45) is 0.849. The van der Waals surface area contributed by atoms with Crippen molar-refractivity contribution in [3.63, 3.8) is 0 Å². The summed E-state index contributed by atoms with van der Waals surface area (Å²) in [7, 11) is 0. The second kappa shape index (κ2) is 5.32. The summed E-state index contributed by atoms with van der Waals surface area (Å²) in [6.45, 7) is 0. The molecule has 0 radical (unpaired) electrons. The number of hydrogen-bond donors (Lipinski definition) is 0. The highest BCUT2D eigenvalue weighted by atomic mass is 79.9. The highest BCUT2D eigenvalue weighted by Gasteiger charge is 2.03. The highest BCUT2D eigenvalue weighted by Crippen LogP contribution is 2.33. The fourth-order valence-corrected chi connectivity index (χ4v) is 2.77. The monoisotopic (exact) mass is 292 g/mol. The number of rotatable bonds is 3. The van der Waals surface area contributed by atoms with Gasteiger partial charge in [0.25, 0.3) is 0 Å². The Morgan fingerprint density at radius 3 is 2.44 bits per heavy atom. The van der Waals surface area contributed by atoms with Gasteiger partial charge in [-0.3, -0.25) is 4.79 Å². The van der Waals surface area contributed by atoms with E-state index in [1.165, 1.54) is 4.90 Å². The molecule has 0 N–H and O–H groups in total. The first-order chi connectivity index (χ1) is 7.79. The van der Waals surface area contributed by atoms with Crippen LogP contribution in [0.3, 0.4) is 0 Å². The van der Waals surface area contributed by atoms with Crippen molar-refractivity contribution in [2.24, 2.45) is 0 Å².